The third kappa shape index (κ3) is 5.77. The van der Waals surface area contributed by atoms with Crippen LogP contribution in [0.15, 0.2) is 36.4 Å². The van der Waals surface area contributed by atoms with Crippen LogP contribution >= 0.6 is 0 Å². The number of carbonyl (C=O) groups is 3. The van der Waals surface area contributed by atoms with E-state index in [9.17, 15) is 18.8 Å². The second-order valence-corrected chi connectivity index (χ2v) is 10.1. The molecule has 1 amide bonds. The number of hydrogen-bond donors (Lipinski definition) is 0. The Morgan fingerprint density at radius 1 is 1.12 bits per heavy atom. The number of halogens is 1. The first-order chi connectivity index (χ1) is 15.3. The molecule has 8 nitrogen and oxygen atoms in total. The van der Waals surface area contributed by atoms with Gasteiger partial charge in [-0.25, -0.2) is 18.7 Å². The van der Waals surface area contributed by atoms with Gasteiger partial charge >= 0.3 is 12.1 Å². The highest BCUT2D eigenvalue weighted by atomic mass is 19.1. The molecule has 0 bridgehead atoms. The van der Waals surface area contributed by atoms with Crippen molar-refractivity contribution in [1.82, 2.24) is 9.78 Å². The van der Waals surface area contributed by atoms with E-state index in [0.717, 1.165) is 5.06 Å². The second kappa shape index (κ2) is 8.96. The minimum atomic E-state index is -1.53. The summed E-state index contributed by atoms with van der Waals surface area (Å²) in [4.78, 5) is 43.2. The van der Waals surface area contributed by atoms with Crippen molar-refractivity contribution in [3.63, 3.8) is 0 Å². The predicted molar refractivity (Wildman–Crippen MR) is 120 cm³/mol. The number of amides is 1. The number of hydrogen-bond acceptors (Lipinski definition) is 6. The first-order valence-electron chi connectivity index (χ1n) is 10.8. The molecule has 2 atom stereocenters. The van der Waals surface area contributed by atoms with E-state index in [0.29, 0.717) is 5.69 Å². The smallest absolute Gasteiger partial charge is 0.441 e. The van der Waals surface area contributed by atoms with E-state index >= 15 is 0 Å². The number of alkyl halides is 1. The van der Waals surface area contributed by atoms with E-state index < -0.39 is 41.1 Å². The zero-order valence-corrected chi connectivity index (χ0v) is 19.8. The molecule has 3 rings (SSSR count). The number of ether oxygens (including phenoxy) is 1. The molecular weight excluding hydrogens is 429 g/mol. The van der Waals surface area contributed by atoms with Crippen molar-refractivity contribution in [3.05, 3.63) is 47.7 Å². The van der Waals surface area contributed by atoms with Crippen LogP contribution in [0.3, 0.4) is 0 Å². The van der Waals surface area contributed by atoms with Crippen molar-refractivity contribution < 1.29 is 28.3 Å². The molecule has 0 radical (unpaired) electrons. The molecule has 1 fully saturated rings. The van der Waals surface area contributed by atoms with Crippen molar-refractivity contribution in [2.45, 2.75) is 77.6 Å². The van der Waals surface area contributed by atoms with Crippen LogP contribution in [-0.2, 0) is 19.9 Å². The lowest BCUT2D eigenvalue weighted by atomic mass is 10.0. The molecule has 2 aromatic rings. The molecule has 1 heterocycles. The first kappa shape index (κ1) is 24.4. The Morgan fingerprint density at radius 2 is 1.76 bits per heavy atom. The Bertz CT molecular complexity index is 1040. The largest absolute Gasteiger partial charge is 0.450 e. The van der Waals surface area contributed by atoms with Gasteiger partial charge in [-0.15, -0.1) is 0 Å². The van der Waals surface area contributed by atoms with E-state index in [4.69, 9.17) is 9.57 Å². The first-order valence-corrected chi connectivity index (χ1v) is 10.8. The average molecular weight is 460 g/mol. The summed E-state index contributed by atoms with van der Waals surface area (Å²) in [5.41, 5.74) is -0.805. The number of aromatic nitrogens is 2. The van der Waals surface area contributed by atoms with Gasteiger partial charge in [-0.3, -0.25) is 4.79 Å². The van der Waals surface area contributed by atoms with Crippen molar-refractivity contribution in [1.29, 1.82) is 0 Å². The number of anilines is 1. The topological polar surface area (TPSA) is 90.7 Å². The molecule has 1 aliphatic carbocycles. The van der Waals surface area contributed by atoms with Crippen LogP contribution in [0.1, 0.15) is 76.4 Å². The second-order valence-electron chi connectivity index (χ2n) is 10.1. The van der Waals surface area contributed by atoms with Crippen LogP contribution in [-0.4, -0.2) is 39.4 Å². The number of benzene rings is 1. The number of carbonyl (C=O) groups excluding carboxylic acids is 3. The van der Waals surface area contributed by atoms with Crippen LogP contribution in [0.2, 0.25) is 0 Å². The monoisotopic (exact) mass is 459 g/mol. The zero-order valence-electron chi connectivity index (χ0n) is 19.8. The fraction of sp³-hybridized carbons (Fsp3) is 0.500. The molecule has 178 valence electrons. The summed E-state index contributed by atoms with van der Waals surface area (Å²) < 4.78 is 20.9. The van der Waals surface area contributed by atoms with Gasteiger partial charge in [0.15, 0.2) is 17.8 Å². The van der Waals surface area contributed by atoms with Crippen molar-refractivity contribution in [2.24, 2.45) is 0 Å². The highest BCUT2D eigenvalue weighted by molar-refractivity contribution is 5.94. The minimum absolute atomic E-state index is 0.0235. The highest BCUT2D eigenvalue weighted by Crippen LogP contribution is 2.37. The standard InChI is InChI=1S/C24H30FN3O5/c1-23(2,3)28-20(14-18(26-28)16-12-17(25)19(29)13-16)27(22(31)32-24(4,5)6)33-21(30)15-10-8-7-9-11-15/h7-11,14,16-17H,12-13H2,1-6H3/t16-,17-/m1/s1. The normalized spacial score (nSPS) is 18.8. The average Bonchev–Trinajstić information content (AvgIpc) is 3.29. The lowest BCUT2D eigenvalue weighted by Crippen LogP contribution is -2.41. The number of ketones is 1. The molecule has 1 saturated carbocycles. The van der Waals surface area contributed by atoms with E-state index in [1.807, 2.05) is 20.8 Å². The SMILES string of the molecule is CC(C)(C)OC(=O)N(OC(=O)c1ccccc1)c1cc([C@H]2CC(=O)[C@H](F)C2)nn1C(C)(C)C. The highest BCUT2D eigenvalue weighted by Gasteiger charge is 2.38. The molecule has 1 aromatic carbocycles. The van der Waals surface area contributed by atoms with Gasteiger partial charge < -0.3 is 9.57 Å². The molecule has 0 aliphatic heterocycles. The van der Waals surface area contributed by atoms with Gasteiger partial charge in [0, 0.05) is 18.4 Å². The molecule has 1 aromatic heterocycles. The Hall–Kier alpha value is -3.23. The maximum atomic E-state index is 13.9. The van der Waals surface area contributed by atoms with Crippen LogP contribution in [0.5, 0.6) is 0 Å². The quantitative estimate of drug-likeness (QED) is 0.604. The Morgan fingerprint density at radius 3 is 2.27 bits per heavy atom. The zero-order chi connectivity index (χ0) is 24.6. The summed E-state index contributed by atoms with van der Waals surface area (Å²) in [7, 11) is 0. The molecule has 1 aliphatic rings. The van der Waals surface area contributed by atoms with Crippen LogP contribution in [0.4, 0.5) is 15.0 Å². The lowest BCUT2D eigenvalue weighted by Gasteiger charge is -2.29. The number of hydroxylamine groups is 1. The maximum Gasteiger partial charge on any atom is 0.450 e. The molecule has 0 N–H and O–H groups in total. The summed E-state index contributed by atoms with van der Waals surface area (Å²) in [5, 5.41) is 5.34. The van der Waals surface area contributed by atoms with Crippen molar-refractivity contribution >= 4 is 23.7 Å². The maximum absolute atomic E-state index is 13.9. The van der Waals surface area contributed by atoms with Gasteiger partial charge in [0.05, 0.1) is 16.8 Å². The van der Waals surface area contributed by atoms with Crippen LogP contribution in [0.25, 0.3) is 0 Å². The number of Topliss-reactive ketones (excluding diaryl/α,β-unsaturated/α-hetero) is 1. The molecular formula is C24H30FN3O5. The molecule has 9 heteroatoms. The van der Waals surface area contributed by atoms with Gasteiger partial charge in [0.1, 0.15) is 5.60 Å². The summed E-state index contributed by atoms with van der Waals surface area (Å²) in [6.07, 6.45) is -2.39. The Balaban J connectivity index is 2.05. The van der Waals surface area contributed by atoms with Crippen LogP contribution < -0.4 is 5.06 Å². The Kier molecular flexibility index (Phi) is 6.63. The number of rotatable bonds is 3. The van der Waals surface area contributed by atoms with Crippen LogP contribution in [0, 0.1) is 0 Å². The third-order valence-corrected chi connectivity index (χ3v) is 5.00. The van der Waals surface area contributed by atoms with E-state index in [2.05, 4.69) is 5.10 Å². The van der Waals surface area contributed by atoms with E-state index in [-0.39, 0.29) is 24.2 Å². The molecule has 0 spiro atoms. The van der Waals surface area contributed by atoms with Gasteiger partial charge in [-0.05, 0) is 60.1 Å². The number of nitrogens with zero attached hydrogens (tertiary/aromatic N) is 3. The van der Waals surface area contributed by atoms with Gasteiger partial charge in [-0.2, -0.15) is 5.10 Å². The third-order valence-electron chi connectivity index (χ3n) is 5.00. The summed E-state index contributed by atoms with van der Waals surface area (Å²) in [6, 6.07) is 9.78. The van der Waals surface area contributed by atoms with Gasteiger partial charge in [-0.1, -0.05) is 23.3 Å². The fourth-order valence-electron chi connectivity index (χ4n) is 3.48. The molecule has 33 heavy (non-hydrogen) atoms. The Labute approximate surface area is 192 Å². The van der Waals surface area contributed by atoms with E-state index in [1.165, 1.54) is 4.68 Å². The summed E-state index contributed by atoms with van der Waals surface area (Å²) in [5.74, 6) is -1.51. The fourth-order valence-corrected chi connectivity index (χ4v) is 3.48. The lowest BCUT2D eigenvalue weighted by molar-refractivity contribution is -0.121. The van der Waals surface area contributed by atoms with Gasteiger partial charge in [0.25, 0.3) is 0 Å². The molecule has 0 unspecified atom stereocenters. The van der Waals surface area contributed by atoms with E-state index in [1.54, 1.807) is 57.2 Å². The van der Waals surface area contributed by atoms with Crippen molar-refractivity contribution in [2.75, 3.05) is 5.06 Å². The summed E-state index contributed by atoms with van der Waals surface area (Å²) >= 11 is 0. The molecule has 0 saturated heterocycles. The van der Waals surface area contributed by atoms with Gasteiger partial charge in [0.2, 0.25) is 0 Å². The van der Waals surface area contributed by atoms with Crippen molar-refractivity contribution in [3.8, 4) is 0 Å². The predicted octanol–water partition coefficient (Wildman–Crippen LogP) is 4.94. The summed E-state index contributed by atoms with van der Waals surface area (Å²) in [6.45, 7) is 10.7. The minimum Gasteiger partial charge on any atom is -0.441 e.